The Kier molecular flexibility index (Phi) is 2.64. The van der Waals surface area contributed by atoms with Crippen molar-refractivity contribution in [1.82, 2.24) is 10.2 Å². The van der Waals surface area contributed by atoms with Crippen molar-refractivity contribution in [2.45, 2.75) is 0 Å². The van der Waals surface area contributed by atoms with E-state index >= 15 is 0 Å². The molecule has 0 aliphatic rings. The van der Waals surface area contributed by atoms with E-state index in [1.807, 2.05) is 0 Å². The zero-order chi connectivity index (χ0) is 9.84. The van der Waals surface area contributed by atoms with E-state index in [0.717, 1.165) is 0 Å². The molecule has 4 heteroatoms. The lowest BCUT2D eigenvalue weighted by atomic mass is 10.2. The lowest BCUT2D eigenvalue weighted by Gasteiger charge is -1.95. The van der Waals surface area contributed by atoms with Crippen molar-refractivity contribution in [3.8, 4) is 0 Å². The minimum absolute atomic E-state index is 0.229. The molecule has 0 aliphatic carbocycles. The molecule has 13 heavy (non-hydrogen) atoms. The first-order valence-electron chi connectivity index (χ1n) is 3.66. The molecule has 0 saturated carbocycles. The van der Waals surface area contributed by atoms with Crippen LogP contribution in [0.3, 0.4) is 0 Å². The summed E-state index contributed by atoms with van der Waals surface area (Å²) in [5.74, 6) is -0.487. The van der Waals surface area contributed by atoms with Crippen LogP contribution in [0.2, 0.25) is 0 Å². The molecule has 0 bridgehead atoms. The third-order valence-corrected chi connectivity index (χ3v) is 1.62. The van der Waals surface area contributed by atoms with E-state index in [0.29, 0.717) is 11.3 Å². The standard InChI is InChI=1S/C9H10N2O2/c1-4-6-7(5-2)10-11-8(6)9(12)13-3/h4-5H,1-2H2,3H3,(H,10,11). The molecule has 0 aliphatic heterocycles. The molecule has 0 fully saturated rings. The van der Waals surface area contributed by atoms with Crippen molar-refractivity contribution < 1.29 is 9.53 Å². The maximum absolute atomic E-state index is 11.1. The van der Waals surface area contributed by atoms with Gasteiger partial charge in [-0.1, -0.05) is 19.2 Å². The van der Waals surface area contributed by atoms with Gasteiger partial charge in [0.1, 0.15) is 0 Å². The van der Waals surface area contributed by atoms with E-state index < -0.39 is 5.97 Å². The number of nitrogens with zero attached hydrogens (tertiary/aromatic N) is 1. The highest BCUT2D eigenvalue weighted by atomic mass is 16.5. The summed E-state index contributed by atoms with van der Waals surface area (Å²) >= 11 is 0. The van der Waals surface area contributed by atoms with Gasteiger partial charge in [-0.25, -0.2) is 4.79 Å². The van der Waals surface area contributed by atoms with Gasteiger partial charge in [0.25, 0.3) is 0 Å². The van der Waals surface area contributed by atoms with Crippen LogP contribution in [-0.4, -0.2) is 23.3 Å². The van der Waals surface area contributed by atoms with Crippen LogP contribution in [0, 0.1) is 0 Å². The number of ether oxygens (including phenoxy) is 1. The Morgan fingerprint density at radius 1 is 1.54 bits per heavy atom. The lowest BCUT2D eigenvalue weighted by Crippen LogP contribution is -2.03. The average molecular weight is 178 g/mol. The lowest BCUT2D eigenvalue weighted by molar-refractivity contribution is 0.0594. The molecule has 0 atom stereocenters. The van der Waals surface area contributed by atoms with E-state index in [2.05, 4.69) is 28.1 Å². The Bertz CT molecular complexity index is 352. The maximum atomic E-state index is 11.1. The van der Waals surface area contributed by atoms with Crippen LogP contribution in [-0.2, 0) is 4.74 Å². The highest BCUT2D eigenvalue weighted by molar-refractivity contribution is 5.92. The largest absolute Gasteiger partial charge is 0.464 e. The Labute approximate surface area is 75.9 Å². The third kappa shape index (κ3) is 1.51. The minimum atomic E-state index is -0.487. The molecule has 0 amide bonds. The van der Waals surface area contributed by atoms with Crippen LogP contribution in [0.4, 0.5) is 0 Å². The predicted molar refractivity (Wildman–Crippen MR) is 50.1 cm³/mol. The van der Waals surface area contributed by atoms with Gasteiger partial charge in [-0.15, -0.1) is 0 Å². The van der Waals surface area contributed by atoms with Crippen molar-refractivity contribution in [2.24, 2.45) is 0 Å². The van der Waals surface area contributed by atoms with Crippen LogP contribution in [0.15, 0.2) is 13.2 Å². The van der Waals surface area contributed by atoms with Crippen molar-refractivity contribution in [2.75, 3.05) is 7.11 Å². The molecule has 0 spiro atoms. The zero-order valence-electron chi connectivity index (χ0n) is 7.33. The summed E-state index contributed by atoms with van der Waals surface area (Å²) in [4.78, 5) is 11.1. The van der Waals surface area contributed by atoms with Crippen LogP contribution < -0.4 is 0 Å². The summed E-state index contributed by atoms with van der Waals surface area (Å²) in [7, 11) is 1.30. The van der Waals surface area contributed by atoms with Crippen molar-refractivity contribution >= 4 is 18.1 Å². The Morgan fingerprint density at radius 2 is 2.23 bits per heavy atom. The molecule has 1 aromatic heterocycles. The topological polar surface area (TPSA) is 55.0 Å². The molecule has 4 nitrogen and oxygen atoms in total. The van der Waals surface area contributed by atoms with Gasteiger partial charge in [0.05, 0.1) is 12.8 Å². The Hall–Kier alpha value is -1.84. The minimum Gasteiger partial charge on any atom is -0.464 e. The summed E-state index contributed by atoms with van der Waals surface area (Å²) in [5.41, 5.74) is 1.50. The van der Waals surface area contributed by atoms with Crippen LogP contribution in [0.25, 0.3) is 12.2 Å². The molecule has 1 rings (SSSR count). The van der Waals surface area contributed by atoms with Crippen LogP contribution in [0.5, 0.6) is 0 Å². The van der Waals surface area contributed by atoms with Gasteiger partial charge in [-0.05, 0) is 6.08 Å². The van der Waals surface area contributed by atoms with E-state index in [4.69, 9.17) is 0 Å². The number of methoxy groups -OCH3 is 1. The van der Waals surface area contributed by atoms with Crippen LogP contribution in [0.1, 0.15) is 21.7 Å². The van der Waals surface area contributed by atoms with E-state index in [1.54, 1.807) is 6.08 Å². The summed E-state index contributed by atoms with van der Waals surface area (Å²) < 4.78 is 4.53. The molecule has 0 radical (unpaired) electrons. The quantitative estimate of drug-likeness (QED) is 0.713. The normalized spacial score (nSPS) is 9.31. The first kappa shape index (κ1) is 9.25. The van der Waals surface area contributed by atoms with Crippen molar-refractivity contribution in [3.63, 3.8) is 0 Å². The molecule has 1 N–H and O–H groups in total. The van der Waals surface area contributed by atoms with Gasteiger partial charge in [-0.2, -0.15) is 5.10 Å². The van der Waals surface area contributed by atoms with Crippen LogP contribution >= 0.6 is 0 Å². The second-order valence-electron chi connectivity index (χ2n) is 2.30. The number of hydrogen-bond donors (Lipinski definition) is 1. The van der Waals surface area contributed by atoms with Gasteiger partial charge in [0, 0.05) is 5.56 Å². The number of rotatable bonds is 3. The number of nitrogens with one attached hydrogen (secondary N) is 1. The SMILES string of the molecule is C=Cc1[nH]nc(C(=O)OC)c1C=C. The fourth-order valence-corrected chi connectivity index (χ4v) is 0.979. The number of esters is 1. The van der Waals surface area contributed by atoms with E-state index in [1.165, 1.54) is 13.2 Å². The summed E-state index contributed by atoms with van der Waals surface area (Å²) in [5, 5.41) is 6.44. The molecular weight excluding hydrogens is 168 g/mol. The molecule has 0 saturated heterocycles. The second-order valence-corrected chi connectivity index (χ2v) is 2.30. The van der Waals surface area contributed by atoms with Gasteiger partial charge in [-0.3, -0.25) is 5.10 Å². The number of hydrogen-bond acceptors (Lipinski definition) is 3. The predicted octanol–water partition coefficient (Wildman–Crippen LogP) is 1.48. The molecule has 0 unspecified atom stereocenters. The average Bonchev–Trinajstić information content (AvgIpc) is 2.58. The Balaban J connectivity index is 3.22. The molecule has 1 heterocycles. The highest BCUT2D eigenvalue weighted by Crippen LogP contribution is 2.14. The number of carbonyl (C=O) groups is 1. The number of carbonyl (C=O) groups excluding carboxylic acids is 1. The molecule has 0 aromatic carbocycles. The monoisotopic (exact) mass is 178 g/mol. The number of aromatic amines is 1. The third-order valence-electron chi connectivity index (χ3n) is 1.62. The fraction of sp³-hybridized carbons (Fsp3) is 0.111. The highest BCUT2D eigenvalue weighted by Gasteiger charge is 2.15. The van der Waals surface area contributed by atoms with Gasteiger partial charge < -0.3 is 4.74 Å². The van der Waals surface area contributed by atoms with Gasteiger partial charge >= 0.3 is 5.97 Å². The van der Waals surface area contributed by atoms with Gasteiger partial charge in [0.2, 0.25) is 0 Å². The van der Waals surface area contributed by atoms with E-state index in [9.17, 15) is 4.79 Å². The maximum Gasteiger partial charge on any atom is 0.359 e. The summed E-state index contributed by atoms with van der Waals surface area (Å²) in [6, 6.07) is 0. The smallest absolute Gasteiger partial charge is 0.359 e. The fourth-order valence-electron chi connectivity index (χ4n) is 0.979. The zero-order valence-corrected chi connectivity index (χ0v) is 7.33. The van der Waals surface area contributed by atoms with Gasteiger partial charge in [0.15, 0.2) is 5.69 Å². The molecule has 1 aromatic rings. The Morgan fingerprint density at radius 3 is 2.69 bits per heavy atom. The number of H-pyrrole nitrogens is 1. The molecule has 68 valence electrons. The van der Waals surface area contributed by atoms with Crippen molar-refractivity contribution in [1.29, 1.82) is 0 Å². The molecular formula is C9H10N2O2. The summed E-state index contributed by atoms with van der Waals surface area (Å²) in [6.45, 7) is 7.14. The van der Waals surface area contributed by atoms with E-state index in [-0.39, 0.29) is 5.69 Å². The van der Waals surface area contributed by atoms with Crippen molar-refractivity contribution in [3.05, 3.63) is 30.1 Å². The second kappa shape index (κ2) is 3.71. The first-order chi connectivity index (χ1) is 6.24. The summed E-state index contributed by atoms with van der Waals surface area (Å²) in [6.07, 6.45) is 3.10. The first-order valence-corrected chi connectivity index (χ1v) is 3.66. The number of aromatic nitrogens is 2.